The van der Waals surface area contributed by atoms with E-state index in [1.54, 1.807) is 6.07 Å². The van der Waals surface area contributed by atoms with E-state index >= 15 is 0 Å². The van der Waals surface area contributed by atoms with Crippen LogP contribution in [-0.4, -0.2) is 18.4 Å². The zero-order valence-electron chi connectivity index (χ0n) is 13.0. The molecule has 1 heterocycles. The fourth-order valence-corrected chi connectivity index (χ4v) is 3.40. The van der Waals surface area contributed by atoms with Crippen molar-refractivity contribution in [2.45, 2.75) is 20.3 Å². The smallest absolute Gasteiger partial charge is 0.265 e. The number of benzene rings is 2. The fraction of sp³-hybridized carbons (Fsp3) is 0.222. The lowest BCUT2D eigenvalue weighted by molar-refractivity contribution is -0.115. The number of rotatable bonds is 2. The van der Waals surface area contributed by atoms with E-state index in [2.05, 4.69) is 21.2 Å². The van der Waals surface area contributed by atoms with Gasteiger partial charge >= 0.3 is 0 Å². The quantitative estimate of drug-likeness (QED) is 0.868. The lowest BCUT2D eigenvalue weighted by Gasteiger charge is -2.23. The molecule has 0 fully saturated rings. The third-order valence-electron chi connectivity index (χ3n) is 3.99. The Bertz CT molecular complexity index is 802. The predicted octanol–water partition coefficient (Wildman–Crippen LogP) is 3.92. The van der Waals surface area contributed by atoms with Crippen molar-refractivity contribution in [2.24, 2.45) is 0 Å². The number of carbonyl (C=O) groups is 2. The van der Waals surface area contributed by atoms with E-state index in [0.29, 0.717) is 11.3 Å². The molecule has 0 unspecified atom stereocenters. The first-order valence-corrected chi connectivity index (χ1v) is 8.25. The number of carbonyl (C=O) groups excluding carboxylic acids is 2. The largest absolute Gasteiger partial charge is 0.383 e. The number of halogens is 1. The monoisotopic (exact) mass is 372 g/mol. The number of anilines is 2. The maximum atomic E-state index is 13.0. The molecule has 2 amide bonds. The second-order valence-corrected chi connectivity index (χ2v) is 6.53. The van der Waals surface area contributed by atoms with Gasteiger partial charge in [-0.05, 0) is 42.7 Å². The summed E-state index contributed by atoms with van der Waals surface area (Å²) in [6.45, 7) is 4.09. The molecule has 0 radical (unpaired) electrons. The van der Waals surface area contributed by atoms with Gasteiger partial charge in [-0.15, -0.1) is 0 Å². The molecule has 118 valence electrons. The van der Waals surface area contributed by atoms with E-state index in [1.165, 1.54) is 11.8 Å². The summed E-state index contributed by atoms with van der Waals surface area (Å²) >= 11 is 3.48. The first kappa shape index (κ1) is 15.7. The van der Waals surface area contributed by atoms with Crippen LogP contribution in [-0.2, 0) is 11.2 Å². The van der Waals surface area contributed by atoms with Crippen molar-refractivity contribution < 1.29 is 9.59 Å². The molecule has 0 bridgehead atoms. The Morgan fingerprint density at radius 3 is 2.65 bits per heavy atom. The molecular weight excluding hydrogens is 356 g/mol. The third-order valence-corrected chi connectivity index (χ3v) is 4.45. The Morgan fingerprint density at radius 1 is 1.22 bits per heavy atom. The number of hydrogen-bond acceptors (Lipinski definition) is 3. The minimum atomic E-state index is -0.301. The van der Waals surface area contributed by atoms with Crippen LogP contribution in [0.25, 0.3) is 0 Å². The lowest BCUT2D eigenvalue weighted by atomic mass is 10.1. The number of imide groups is 1. The molecule has 0 saturated heterocycles. The van der Waals surface area contributed by atoms with Crippen molar-refractivity contribution >= 4 is 39.1 Å². The van der Waals surface area contributed by atoms with Crippen molar-refractivity contribution in [2.75, 3.05) is 16.8 Å². The van der Waals surface area contributed by atoms with E-state index in [0.717, 1.165) is 34.3 Å². The van der Waals surface area contributed by atoms with Crippen LogP contribution in [0.4, 0.5) is 11.4 Å². The second-order valence-electron chi connectivity index (χ2n) is 5.61. The Kier molecular flexibility index (Phi) is 4.22. The molecule has 1 aliphatic heterocycles. The third kappa shape index (κ3) is 2.88. The molecule has 1 aliphatic rings. The molecule has 2 aromatic rings. The average Bonchev–Trinajstić information content (AvgIpc) is 2.95. The number of amides is 2. The highest BCUT2D eigenvalue weighted by Crippen LogP contribution is 2.37. The summed E-state index contributed by atoms with van der Waals surface area (Å²) in [5.41, 5.74) is 3.97. The van der Waals surface area contributed by atoms with Crippen LogP contribution in [0, 0.1) is 6.92 Å². The number of hydrogen-bond donors (Lipinski definition) is 1. The number of nitrogens with zero attached hydrogens (tertiary/aromatic N) is 1. The molecule has 0 atom stereocenters. The van der Waals surface area contributed by atoms with Gasteiger partial charge in [-0.2, -0.15) is 0 Å². The second kappa shape index (κ2) is 6.16. The van der Waals surface area contributed by atoms with Gasteiger partial charge in [0.05, 0.1) is 11.4 Å². The van der Waals surface area contributed by atoms with Crippen molar-refractivity contribution in [3.05, 3.63) is 57.6 Å². The van der Waals surface area contributed by atoms with Crippen LogP contribution in [0.15, 0.2) is 40.9 Å². The molecule has 0 aromatic heterocycles. The fourth-order valence-electron chi connectivity index (χ4n) is 2.90. The van der Waals surface area contributed by atoms with Crippen LogP contribution in [0.1, 0.15) is 28.4 Å². The van der Waals surface area contributed by atoms with Crippen molar-refractivity contribution in [1.82, 2.24) is 0 Å². The van der Waals surface area contributed by atoms with E-state index < -0.39 is 0 Å². The molecular formula is C18H17BrN2O2. The minimum absolute atomic E-state index is 0.299. The van der Waals surface area contributed by atoms with E-state index in [1.807, 2.05) is 37.3 Å². The molecule has 2 aromatic carbocycles. The lowest BCUT2D eigenvalue weighted by Crippen LogP contribution is -2.36. The first-order chi connectivity index (χ1) is 11.0. The molecule has 0 spiro atoms. The molecule has 3 rings (SSSR count). The maximum Gasteiger partial charge on any atom is 0.265 e. The van der Waals surface area contributed by atoms with Gasteiger partial charge in [0.2, 0.25) is 5.91 Å². The Hall–Kier alpha value is -2.14. The standard InChI is InChI=1S/C18H17BrN2O2/c1-11-5-3-4-6-15(11)18(23)21(12(2)22)16-10-14(19)9-13-7-8-20-17(13)16/h3-6,9-10,20H,7-8H2,1-2H3. The van der Waals surface area contributed by atoms with Gasteiger partial charge in [-0.3, -0.25) is 9.59 Å². The van der Waals surface area contributed by atoms with Crippen LogP contribution in [0.5, 0.6) is 0 Å². The highest BCUT2D eigenvalue weighted by Gasteiger charge is 2.28. The highest BCUT2D eigenvalue weighted by molar-refractivity contribution is 9.10. The summed E-state index contributed by atoms with van der Waals surface area (Å²) in [6.07, 6.45) is 0.881. The summed E-state index contributed by atoms with van der Waals surface area (Å²) in [4.78, 5) is 26.5. The Balaban J connectivity index is 2.13. The van der Waals surface area contributed by atoms with E-state index in [4.69, 9.17) is 0 Å². The van der Waals surface area contributed by atoms with Gasteiger partial charge in [-0.25, -0.2) is 4.90 Å². The normalized spacial score (nSPS) is 12.5. The Morgan fingerprint density at radius 2 is 1.96 bits per heavy atom. The SMILES string of the molecule is CC(=O)N(C(=O)c1ccccc1C)c1cc(Br)cc2c1NCC2. The minimum Gasteiger partial charge on any atom is -0.383 e. The van der Waals surface area contributed by atoms with E-state index in [-0.39, 0.29) is 11.8 Å². The Labute approximate surface area is 143 Å². The average molecular weight is 373 g/mol. The van der Waals surface area contributed by atoms with Gasteiger partial charge in [0.1, 0.15) is 0 Å². The predicted molar refractivity (Wildman–Crippen MR) is 95.0 cm³/mol. The van der Waals surface area contributed by atoms with Gasteiger partial charge in [0, 0.05) is 23.5 Å². The molecule has 5 heteroatoms. The summed E-state index contributed by atoms with van der Waals surface area (Å²) in [5, 5.41) is 3.29. The number of aryl methyl sites for hydroxylation is 1. The summed E-state index contributed by atoms with van der Waals surface area (Å²) in [7, 11) is 0. The van der Waals surface area contributed by atoms with Crippen LogP contribution in [0.2, 0.25) is 0 Å². The summed E-state index contributed by atoms with van der Waals surface area (Å²) in [6, 6.07) is 11.1. The molecule has 23 heavy (non-hydrogen) atoms. The molecule has 0 saturated carbocycles. The zero-order chi connectivity index (χ0) is 16.6. The van der Waals surface area contributed by atoms with Crippen LogP contribution in [0.3, 0.4) is 0 Å². The van der Waals surface area contributed by atoms with Crippen LogP contribution < -0.4 is 10.2 Å². The molecule has 4 nitrogen and oxygen atoms in total. The number of nitrogens with one attached hydrogen (secondary N) is 1. The first-order valence-electron chi connectivity index (χ1n) is 7.46. The van der Waals surface area contributed by atoms with Gasteiger partial charge in [0.15, 0.2) is 0 Å². The maximum absolute atomic E-state index is 13.0. The van der Waals surface area contributed by atoms with Gasteiger partial charge in [0.25, 0.3) is 5.91 Å². The zero-order valence-corrected chi connectivity index (χ0v) is 14.6. The van der Waals surface area contributed by atoms with Crippen molar-refractivity contribution in [1.29, 1.82) is 0 Å². The van der Waals surface area contributed by atoms with Gasteiger partial charge in [-0.1, -0.05) is 34.1 Å². The highest BCUT2D eigenvalue weighted by atomic mass is 79.9. The summed E-state index contributed by atoms with van der Waals surface area (Å²) in [5.74, 6) is -0.600. The topological polar surface area (TPSA) is 49.4 Å². The molecule has 0 aliphatic carbocycles. The summed E-state index contributed by atoms with van der Waals surface area (Å²) < 4.78 is 0.860. The number of fused-ring (bicyclic) bond motifs is 1. The van der Waals surface area contributed by atoms with Crippen LogP contribution >= 0.6 is 15.9 Å². The molecule has 1 N–H and O–H groups in total. The van der Waals surface area contributed by atoms with Crippen molar-refractivity contribution in [3.63, 3.8) is 0 Å². The van der Waals surface area contributed by atoms with E-state index in [9.17, 15) is 9.59 Å². The van der Waals surface area contributed by atoms with Crippen molar-refractivity contribution in [3.8, 4) is 0 Å². The van der Waals surface area contributed by atoms with Gasteiger partial charge < -0.3 is 5.32 Å².